The van der Waals surface area contributed by atoms with Gasteiger partial charge in [-0.2, -0.15) is 0 Å². The molecule has 1 amide bonds. The van der Waals surface area contributed by atoms with E-state index in [0.29, 0.717) is 0 Å². The second-order valence-electron chi connectivity index (χ2n) is 6.65. The topological polar surface area (TPSA) is 32.3 Å². The van der Waals surface area contributed by atoms with Crippen LogP contribution < -0.4 is 5.32 Å². The number of carbonyl (C=O) groups is 1. The average molecular weight is 391 g/mol. The summed E-state index contributed by atoms with van der Waals surface area (Å²) in [5, 5.41) is 3.16. The predicted molar refractivity (Wildman–Crippen MR) is 96.7 cm³/mol. The number of rotatable bonds is 5. The molecule has 3 aliphatic rings. The van der Waals surface area contributed by atoms with E-state index in [-0.39, 0.29) is 11.4 Å². The molecule has 0 atom stereocenters. The Morgan fingerprint density at radius 3 is 2.74 bits per heavy atom. The van der Waals surface area contributed by atoms with Crippen molar-refractivity contribution in [2.45, 2.75) is 24.9 Å². The zero-order chi connectivity index (χ0) is 15.9. The molecule has 1 aromatic carbocycles. The Labute approximate surface area is 148 Å². The number of benzene rings is 1. The van der Waals surface area contributed by atoms with E-state index < -0.39 is 0 Å². The minimum Gasteiger partial charge on any atom is -0.349 e. The highest BCUT2D eigenvalue weighted by Crippen LogP contribution is 2.50. The molecule has 5 rings (SSSR count). The highest BCUT2D eigenvalue weighted by molar-refractivity contribution is 9.11. The van der Waals surface area contributed by atoms with Crippen LogP contribution in [0.5, 0.6) is 0 Å². The van der Waals surface area contributed by atoms with Crippen LogP contribution in [0.4, 0.5) is 0 Å². The number of halogens is 1. The van der Waals surface area contributed by atoms with Crippen LogP contribution in [0.2, 0.25) is 0 Å². The third kappa shape index (κ3) is 2.97. The Kier molecular flexibility index (Phi) is 4.03. The van der Waals surface area contributed by atoms with Crippen LogP contribution in [0.3, 0.4) is 0 Å². The van der Waals surface area contributed by atoms with Gasteiger partial charge in [-0.1, -0.05) is 30.3 Å². The maximum Gasteiger partial charge on any atom is 0.261 e. The quantitative estimate of drug-likeness (QED) is 0.839. The third-order valence-electron chi connectivity index (χ3n) is 5.08. The molecule has 0 spiro atoms. The second-order valence-corrected chi connectivity index (χ2v) is 9.11. The van der Waals surface area contributed by atoms with Gasteiger partial charge >= 0.3 is 0 Å². The zero-order valence-corrected chi connectivity index (χ0v) is 15.2. The van der Waals surface area contributed by atoms with Crippen molar-refractivity contribution in [2.24, 2.45) is 5.92 Å². The van der Waals surface area contributed by atoms with Crippen LogP contribution in [0.15, 0.2) is 46.3 Å². The number of hydrogen-bond acceptors (Lipinski definition) is 3. The summed E-state index contributed by atoms with van der Waals surface area (Å²) in [7, 11) is 0. The molecule has 1 saturated carbocycles. The average Bonchev–Trinajstić information content (AvgIpc) is 3.18. The molecule has 2 bridgehead atoms. The molecule has 0 unspecified atom stereocenters. The molecule has 23 heavy (non-hydrogen) atoms. The Morgan fingerprint density at radius 2 is 2.04 bits per heavy atom. The lowest BCUT2D eigenvalue weighted by Crippen LogP contribution is -2.53. The van der Waals surface area contributed by atoms with Crippen LogP contribution in [-0.2, 0) is 6.54 Å². The van der Waals surface area contributed by atoms with Gasteiger partial charge in [0.15, 0.2) is 0 Å². The van der Waals surface area contributed by atoms with E-state index in [4.69, 9.17) is 0 Å². The van der Waals surface area contributed by atoms with Crippen molar-refractivity contribution >= 4 is 33.2 Å². The van der Waals surface area contributed by atoms with Crippen molar-refractivity contribution in [3.63, 3.8) is 0 Å². The predicted octanol–water partition coefficient (Wildman–Crippen LogP) is 3.91. The van der Waals surface area contributed by atoms with Crippen LogP contribution in [0.25, 0.3) is 0 Å². The van der Waals surface area contributed by atoms with Gasteiger partial charge in [0.2, 0.25) is 0 Å². The fraction of sp³-hybridized carbons (Fsp3) is 0.389. The highest BCUT2D eigenvalue weighted by atomic mass is 79.9. The number of amides is 1. The van der Waals surface area contributed by atoms with Gasteiger partial charge in [-0.25, -0.2) is 0 Å². The molecule has 2 aromatic rings. The van der Waals surface area contributed by atoms with E-state index in [2.05, 4.69) is 56.5 Å². The number of nitrogens with zero attached hydrogens (tertiary/aromatic N) is 1. The Hall–Kier alpha value is -1.17. The summed E-state index contributed by atoms with van der Waals surface area (Å²) in [5.74, 6) is 0.858. The molecule has 2 aliphatic heterocycles. The van der Waals surface area contributed by atoms with Crippen LogP contribution in [-0.4, -0.2) is 29.4 Å². The first-order valence-electron chi connectivity index (χ1n) is 7.97. The minimum absolute atomic E-state index is 0.0464. The van der Waals surface area contributed by atoms with Crippen molar-refractivity contribution in [3.8, 4) is 0 Å². The molecule has 0 radical (unpaired) electrons. The lowest BCUT2D eigenvalue weighted by atomic mass is 9.73. The molecule has 3 fully saturated rings. The summed E-state index contributed by atoms with van der Waals surface area (Å²) < 4.78 is 0.996. The van der Waals surface area contributed by atoms with Gasteiger partial charge in [0.05, 0.1) is 8.66 Å². The summed E-state index contributed by atoms with van der Waals surface area (Å²) in [4.78, 5) is 15.6. The Morgan fingerprint density at radius 1 is 1.26 bits per heavy atom. The van der Waals surface area contributed by atoms with Gasteiger partial charge in [0, 0.05) is 25.2 Å². The van der Waals surface area contributed by atoms with Crippen LogP contribution in [0.1, 0.15) is 28.1 Å². The molecule has 5 heteroatoms. The lowest BCUT2D eigenvalue weighted by molar-refractivity contribution is 0.0801. The number of fused-ring (bicyclic) bond motifs is 1. The third-order valence-corrected chi connectivity index (χ3v) is 6.70. The Balaban J connectivity index is 1.40. The molecule has 3 heterocycles. The number of hydrogen-bond donors (Lipinski definition) is 1. The maximum absolute atomic E-state index is 12.3. The molecule has 1 N–H and O–H groups in total. The first-order chi connectivity index (χ1) is 11.1. The fourth-order valence-corrected chi connectivity index (χ4v) is 5.27. The summed E-state index contributed by atoms with van der Waals surface area (Å²) in [6.45, 7) is 2.90. The molecule has 3 nitrogen and oxygen atoms in total. The monoisotopic (exact) mass is 390 g/mol. The standard InChI is InChI=1S/C18H19BrN2OS/c19-16-7-6-15(23-16)17(22)20-12-18-8-14(9-18)11-21(18)10-13-4-2-1-3-5-13/h1-7,14H,8-12H2,(H,20,22). The number of thiophene rings is 1. The van der Waals surface area contributed by atoms with Gasteiger partial charge in [-0.15, -0.1) is 11.3 Å². The van der Waals surface area contributed by atoms with Crippen molar-refractivity contribution in [3.05, 3.63) is 56.7 Å². The first kappa shape index (κ1) is 15.4. The number of nitrogens with one attached hydrogen (secondary N) is 1. The molecule has 120 valence electrons. The first-order valence-corrected chi connectivity index (χ1v) is 9.58. The van der Waals surface area contributed by atoms with E-state index in [1.165, 1.54) is 29.7 Å². The van der Waals surface area contributed by atoms with Crippen molar-refractivity contribution in [1.82, 2.24) is 10.2 Å². The Bertz CT molecular complexity index is 709. The summed E-state index contributed by atoms with van der Waals surface area (Å²) >= 11 is 4.90. The van der Waals surface area contributed by atoms with E-state index >= 15 is 0 Å². The van der Waals surface area contributed by atoms with Crippen molar-refractivity contribution in [2.75, 3.05) is 13.1 Å². The van der Waals surface area contributed by atoms with Gasteiger partial charge in [-0.05, 0) is 52.4 Å². The molecule has 1 aliphatic carbocycles. The van der Waals surface area contributed by atoms with Gasteiger partial charge in [0.1, 0.15) is 0 Å². The smallest absolute Gasteiger partial charge is 0.261 e. The molecular weight excluding hydrogens is 372 g/mol. The van der Waals surface area contributed by atoms with Gasteiger partial charge in [-0.3, -0.25) is 9.69 Å². The van der Waals surface area contributed by atoms with E-state index in [0.717, 1.165) is 34.2 Å². The molecule has 2 saturated heterocycles. The molecular formula is C18H19BrN2OS. The zero-order valence-electron chi connectivity index (χ0n) is 12.8. The van der Waals surface area contributed by atoms with Crippen molar-refractivity contribution < 1.29 is 4.79 Å². The van der Waals surface area contributed by atoms with Gasteiger partial charge < -0.3 is 5.32 Å². The highest BCUT2D eigenvalue weighted by Gasteiger charge is 2.55. The molecule has 1 aromatic heterocycles. The van der Waals surface area contributed by atoms with Crippen LogP contribution >= 0.6 is 27.3 Å². The summed E-state index contributed by atoms with van der Waals surface area (Å²) in [6, 6.07) is 14.4. The second kappa shape index (κ2) is 6.04. The summed E-state index contributed by atoms with van der Waals surface area (Å²) in [6.07, 6.45) is 2.43. The van der Waals surface area contributed by atoms with Gasteiger partial charge in [0.25, 0.3) is 5.91 Å². The van der Waals surface area contributed by atoms with E-state index in [9.17, 15) is 4.79 Å². The SMILES string of the molecule is O=C(NCC12CC(CN1Cc1ccccc1)C2)c1ccc(Br)s1. The largest absolute Gasteiger partial charge is 0.349 e. The van der Waals surface area contributed by atoms with E-state index in [1.807, 2.05) is 12.1 Å². The normalized spacial score (nSPS) is 26.0. The van der Waals surface area contributed by atoms with Crippen molar-refractivity contribution in [1.29, 1.82) is 0 Å². The van der Waals surface area contributed by atoms with E-state index in [1.54, 1.807) is 0 Å². The summed E-state index contributed by atoms with van der Waals surface area (Å²) in [5.41, 5.74) is 1.53. The minimum atomic E-state index is 0.0464. The number of carbonyl (C=O) groups excluding carboxylic acids is 1. The fourth-order valence-electron chi connectivity index (χ4n) is 3.97. The lowest BCUT2D eigenvalue weighted by Gasteiger charge is -2.42. The maximum atomic E-state index is 12.3. The van der Waals surface area contributed by atoms with Crippen LogP contribution in [0, 0.1) is 5.92 Å².